The van der Waals surface area contributed by atoms with Gasteiger partial charge >= 0.3 is 0 Å². The second-order valence-electron chi connectivity index (χ2n) is 9.28. The van der Waals surface area contributed by atoms with Gasteiger partial charge in [-0.05, 0) is 66.9 Å². The molecule has 0 radical (unpaired) electrons. The monoisotopic (exact) mass is 542 g/mol. The lowest BCUT2D eigenvalue weighted by Crippen LogP contribution is -2.47. The van der Waals surface area contributed by atoms with Crippen LogP contribution in [0.5, 0.6) is 23.0 Å². The van der Waals surface area contributed by atoms with Gasteiger partial charge in [0, 0.05) is 31.7 Å². The van der Waals surface area contributed by atoms with Gasteiger partial charge in [0.25, 0.3) is 10.0 Å². The average Bonchev–Trinajstić information content (AvgIpc) is 2.94. The van der Waals surface area contributed by atoms with E-state index in [1.807, 2.05) is 18.2 Å². The predicted octanol–water partition coefficient (Wildman–Crippen LogP) is 4.47. The van der Waals surface area contributed by atoms with Crippen LogP contribution in [-0.2, 0) is 16.6 Å². The lowest BCUT2D eigenvalue weighted by molar-refractivity contribution is 0.170. The zero-order chi connectivity index (χ0) is 26.7. The molecule has 3 aromatic carbocycles. The fourth-order valence-corrected chi connectivity index (χ4v) is 6.69. The molecule has 2 aliphatic heterocycles. The van der Waals surface area contributed by atoms with Crippen molar-refractivity contribution in [1.29, 1.82) is 0 Å². The van der Waals surface area contributed by atoms with Crippen LogP contribution in [0.25, 0.3) is 0 Å². The summed E-state index contributed by atoms with van der Waals surface area (Å²) >= 11 is 0. The molecule has 8 nitrogen and oxygen atoms in total. The Kier molecular flexibility index (Phi) is 7.62. The van der Waals surface area contributed by atoms with Crippen molar-refractivity contribution in [3.05, 3.63) is 72.0 Å². The summed E-state index contributed by atoms with van der Waals surface area (Å²) in [5.74, 6) is 1.96. The average molecular weight is 543 g/mol. The van der Waals surface area contributed by atoms with Gasteiger partial charge in [0.1, 0.15) is 19.0 Å². The molecular formula is C28H31FN2O6S. The number of nitrogens with zero attached hydrogens (tertiary/aromatic N) is 2. The Morgan fingerprint density at radius 2 is 1.58 bits per heavy atom. The molecule has 0 saturated carbocycles. The molecule has 1 saturated heterocycles. The molecule has 0 unspecified atom stereocenters. The lowest BCUT2D eigenvalue weighted by atomic mass is 10.0. The van der Waals surface area contributed by atoms with E-state index in [1.54, 1.807) is 18.2 Å². The third-order valence-corrected chi connectivity index (χ3v) is 8.79. The predicted molar refractivity (Wildman–Crippen MR) is 141 cm³/mol. The third-order valence-electron chi connectivity index (χ3n) is 6.89. The number of hydrogen-bond acceptors (Lipinski definition) is 7. The maximum atomic E-state index is 13.9. The molecule has 0 aliphatic carbocycles. The SMILES string of the molecule is COc1ccc(N(C2CCN(Cc3ccc4c(c3)OCCO4)CC2)S(=O)(=O)c2ccc(F)cc2)cc1OC. The molecule has 202 valence electrons. The fourth-order valence-electron chi connectivity index (χ4n) is 4.98. The number of fused-ring (bicyclic) bond motifs is 1. The van der Waals surface area contributed by atoms with Gasteiger partial charge in [-0.3, -0.25) is 9.21 Å². The van der Waals surface area contributed by atoms with Crippen molar-refractivity contribution in [3.63, 3.8) is 0 Å². The zero-order valence-corrected chi connectivity index (χ0v) is 22.2. The molecule has 0 spiro atoms. The Labute approximate surface area is 222 Å². The number of piperidine rings is 1. The summed E-state index contributed by atoms with van der Waals surface area (Å²) < 4.78 is 65.0. The van der Waals surface area contributed by atoms with Gasteiger partial charge in [0.2, 0.25) is 0 Å². The molecule has 2 heterocycles. The van der Waals surface area contributed by atoms with Gasteiger partial charge < -0.3 is 18.9 Å². The van der Waals surface area contributed by atoms with Gasteiger partial charge in [-0.15, -0.1) is 0 Å². The first kappa shape index (κ1) is 26.1. The van der Waals surface area contributed by atoms with Crippen molar-refractivity contribution in [1.82, 2.24) is 4.90 Å². The zero-order valence-electron chi connectivity index (χ0n) is 21.4. The first-order valence-electron chi connectivity index (χ1n) is 12.5. The molecule has 10 heteroatoms. The standard InChI is InChI=1S/C28H31FN2O6S/c1-34-25-10-6-23(18-27(25)35-2)31(38(32,33)24-7-4-21(29)5-8-24)22-11-13-30(14-12-22)19-20-3-9-26-28(17-20)37-16-15-36-26/h3-10,17-18,22H,11-16,19H2,1-2H3. The summed E-state index contributed by atoms with van der Waals surface area (Å²) in [4.78, 5) is 2.34. The number of likely N-dealkylation sites (tertiary alicyclic amines) is 1. The Hall–Kier alpha value is -3.50. The number of ether oxygens (including phenoxy) is 4. The normalized spacial score (nSPS) is 16.2. The Morgan fingerprint density at radius 3 is 2.26 bits per heavy atom. The van der Waals surface area contributed by atoms with Crippen molar-refractivity contribution < 1.29 is 31.8 Å². The van der Waals surface area contributed by atoms with Crippen LogP contribution in [0.1, 0.15) is 18.4 Å². The summed E-state index contributed by atoms with van der Waals surface area (Å²) in [7, 11) is -0.940. The third kappa shape index (κ3) is 5.37. The molecule has 0 atom stereocenters. The summed E-state index contributed by atoms with van der Waals surface area (Å²) in [6, 6.07) is 15.7. The fraction of sp³-hybridized carbons (Fsp3) is 0.357. The summed E-state index contributed by atoms with van der Waals surface area (Å²) in [6.45, 7) is 3.24. The highest BCUT2D eigenvalue weighted by atomic mass is 32.2. The maximum Gasteiger partial charge on any atom is 0.264 e. The van der Waals surface area contributed by atoms with E-state index in [0.717, 1.165) is 35.7 Å². The largest absolute Gasteiger partial charge is 0.493 e. The lowest BCUT2D eigenvalue weighted by Gasteiger charge is -2.39. The number of anilines is 1. The van der Waals surface area contributed by atoms with Gasteiger partial charge in [-0.2, -0.15) is 0 Å². The van der Waals surface area contributed by atoms with Crippen LogP contribution < -0.4 is 23.3 Å². The Morgan fingerprint density at radius 1 is 0.895 bits per heavy atom. The van der Waals surface area contributed by atoms with Crippen molar-refractivity contribution in [2.75, 3.05) is 44.8 Å². The van der Waals surface area contributed by atoms with Crippen molar-refractivity contribution in [2.24, 2.45) is 0 Å². The van der Waals surface area contributed by atoms with Crippen molar-refractivity contribution in [3.8, 4) is 23.0 Å². The number of hydrogen-bond donors (Lipinski definition) is 0. The first-order valence-corrected chi connectivity index (χ1v) is 14.0. The number of halogens is 1. The minimum Gasteiger partial charge on any atom is -0.493 e. The van der Waals surface area contributed by atoms with Crippen LogP contribution in [0.2, 0.25) is 0 Å². The second-order valence-corrected chi connectivity index (χ2v) is 11.1. The van der Waals surface area contributed by atoms with Crippen LogP contribution in [-0.4, -0.2) is 59.9 Å². The topological polar surface area (TPSA) is 77.5 Å². The minimum absolute atomic E-state index is 0.0346. The van der Waals surface area contributed by atoms with E-state index in [0.29, 0.717) is 56.3 Å². The molecule has 3 aromatic rings. The number of sulfonamides is 1. The quantitative estimate of drug-likeness (QED) is 0.416. The van der Waals surface area contributed by atoms with Crippen LogP contribution >= 0.6 is 0 Å². The number of methoxy groups -OCH3 is 2. The minimum atomic E-state index is -3.98. The molecule has 0 aromatic heterocycles. The molecule has 0 bridgehead atoms. The highest BCUT2D eigenvalue weighted by Gasteiger charge is 2.35. The molecule has 0 amide bonds. The van der Waals surface area contributed by atoms with Crippen LogP contribution in [0.15, 0.2) is 65.6 Å². The number of benzene rings is 3. The molecule has 38 heavy (non-hydrogen) atoms. The molecule has 0 N–H and O–H groups in total. The van der Waals surface area contributed by atoms with Crippen LogP contribution in [0, 0.1) is 5.82 Å². The molecule has 2 aliphatic rings. The van der Waals surface area contributed by atoms with E-state index in [9.17, 15) is 12.8 Å². The smallest absolute Gasteiger partial charge is 0.264 e. The maximum absolute atomic E-state index is 13.9. The summed E-state index contributed by atoms with van der Waals surface area (Å²) in [5, 5.41) is 0. The van der Waals surface area contributed by atoms with Gasteiger partial charge in [-0.25, -0.2) is 12.8 Å². The van der Waals surface area contributed by atoms with E-state index >= 15 is 0 Å². The highest BCUT2D eigenvalue weighted by molar-refractivity contribution is 7.92. The Bertz CT molecular complexity index is 1370. The first-order chi connectivity index (χ1) is 18.4. The number of rotatable bonds is 8. The molecular weight excluding hydrogens is 511 g/mol. The van der Waals surface area contributed by atoms with Crippen molar-refractivity contribution >= 4 is 15.7 Å². The van der Waals surface area contributed by atoms with Crippen LogP contribution in [0.3, 0.4) is 0 Å². The van der Waals surface area contributed by atoms with E-state index in [1.165, 1.54) is 30.7 Å². The molecule has 5 rings (SSSR count). The summed E-state index contributed by atoms with van der Waals surface area (Å²) in [5.41, 5.74) is 1.58. The van der Waals surface area contributed by atoms with Crippen LogP contribution in [0.4, 0.5) is 10.1 Å². The van der Waals surface area contributed by atoms with Gasteiger partial charge in [0.05, 0.1) is 24.8 Å². The van der Waals surface area contributed by atoms with E-state index < -0.39 is 15.8 Å². The van der Waals surface area contributed by atoms with E-state index in [-0.39, 0.29) is 10.9 Å². The van der Waals surface area contributed by atoms with Gasteiger partial charge in [0.15, 0.2) is 23.0 Å². The molecule has 1 fully saturated rings. The summed E-state index contributed by atoms with van der Waals surface area (Å²) in [6.07, 6.45) is 1.25. The second kappa shape index (κ2) is 11.1. The van der Waals surface area contributed by atoms with E-state index in [4.69, 9.17) is 18.9 Å². The van der Waals surface area contributed by atoms with Gasteiger partial charge in [-0.1, -0.05) is 6.07 Å². The van der Waals surface area contributed by atoms with Crippen molar-refractivity contribution in [2.45, 2.75) is 30.3 Å². The Balaban J connectivity index is 1.38. The van der Waals surface area contributed by atoms with E-state index in [2.05, 4.69) is 4.90 Å². The highest BCUT2D eigenvalue weighted by Crippen LogP contribution is 2.37.